The van der Waals surface area contributed by atoms with Gasteiger partial charge in [-0.15, -0.1) is 0 Å². The molecule has 1 saturated heterocycles. The minimum atomic E-state index is -0.320. The number of methoxy groups -OCH3 is 1. The molecule has 1 amide bonds. The SMILES string of the molecule is COc1cccc(C2(CC(=O)Nc3ccc4cnccc4n3)COC2)c1. The van der Waals surface area contributed by atoms with Gasteiger partial charge in [0.2, 0.25) is 5.91 Å². The van der Waals surface area contributed by atoms with Gasteiger partial charge in [-0.05, 0) is 35.9 Å². The number of ether oxygens (including phenoxy) is 2. The summed E-state index contributed by atoms with van der Waals surface area (Å²) in [5.41, 5.74) is 1.53. The largest absolute Gasteiger partial charge is 0.497 e. The van der Waals surface area contributed by atoms with Gasteiger partial charge in [-0.3, -0.25) is 9.78 Å². The van der Waals surface area contributed by atoms with Crippen molar-refractivity contribution in [2.24, 2.45) is 0 Å². The Bertz CT molecular complexity index is 954. The third-order valence-electron chi connectivity index (χ3n) is 4.69. The van der Waals surface area contributed by atoms with Crippen LogP contribution in [0, 0.1) is 0 Å². The van der Waals surface area contributed by atoms with Gasteiger partial charge in [0, 0.05) is 24.2 Å². The van der Waals surface area contributed by atoms with E-state index in [0.29, 0.717) is 25.5 Å². The second-order valence-corrected chi connectivity index (χ2v) is 6.49. The van der Waals surface area contributed by atoms with E-state index in [1.54, 1.807) is 25.6 Å². The Kier molecular flexibility index (Phi) is 4.26. The van der Waals surface area contributed by atoms with Gasteiger partial charge in [0.25, 0.3) is 0 Å². The Balaban J connectivity index is 1.52. The molecule has 0 saturated carbocycles. The number of carbonyl (C=O) groups excluding carboxylic acids is 1. The first kappa shape index (κ1) is 16.5. The molecule has 0 bridgehead atoms. The predicted molar refractivity (Wildman–Crippen MR) is 98.3 cm³/mol. The smallest absolute Gasteiger partial charge is 0.226 e. The van der Waals surface area contributed by atoms with E-state index in [9.17, 15) is 4.79 Å². The predicted octanol–water partition coefficient (Wildman–Crippen LogP) is 2.94. The molecule has 2 aromatic heterocycles. The third kappa shape index (κ3) is 3.11. The summed E-state index contributed by atoms with van der Waals surface area (Å²) >= 11 is 0. The lowest BCUT2D eigenvalue weighted by atomic mass is 9.75. The monoisotopic (exact) mass is 349 g/mol. The van der Waals surface area contributed by atoms with Gasteiger partial charge in [0.05, 0.1) is 31.3 Å². The molecular weight excluding hydrogens is 330 g/mol. The lowest BCUT2D eigenvalue weighted by Gasteiger charge is -2.41. The number of rotatable bonds is 5. The van der Waals surface area contributed by atoms with Crippen molar-refractivity contribution in [1.82, 2.24) is 9.97 Å². The van der Waals surface area contributed by atoms with E-state index < -0.39 is 0 Å². The lowest BCUT2D eigenvalue weighted by Crippen LogP contribution is -2.49. The Morgan fingerprint density at radius 3 is 2.92 bits per heavy atom. The molecule has 3 heterocycles. The van der Waals surface area contributed by atoms with Gasteiger partial charge in [-0.25, -0.2) is 4.98 Å². The van der Waals surface area contributed by atoms with Crippen LogP contribution in [-0.2, 0) is 14.9 Å². The molecule has 0 radical (unpaired) electrons. The number of hydrogen-bond acceptors (Lipinski definition) is 5. The molecule has 0 spiro atoms. The molecule has 132 valence electrons. The fourth-order valence-corrected chi connectivity index (χ4v) is 3.20. The summed E-state index contributed by atoms with van der Waals surface area (Å²) in [5.74, 6) is 1.23. The fourth-order valence-electron chi connectivity index (χ4n) is 3.20. The van der Waals surface area contributed by atoms with Crippen LogP contribution in [0.5, 0.6) is 5.75 Å². The molecule has 6 heteroatoms. The average molecular weight is 349 g/mol. The van der Waals surface area contributed by atoms with Gasteiger partial charge in [0.15, 0.2) is 0 Å². The quantitative estimate of drug-likeness (QED) is 0.767. The average Bonchev–Trinajstić information content (AvgIpc) is 2.64. The minimum absolute atomic E-state index is 0.0861. The van der Waals surface area contributed by atoms with Crippen molar-refractivity contribution in [1.29, 1.82) is 0 Å². The Labute approximate surface area is 151 Å². The number of benzene rings is 1. The number of amides is 1. The highest BCUT2D eigenvalue weighted by Gasteiger charge is 2.42. The van der Waals surface area contributed by atoms with E-state index in [4.69, 9.17) is 9.47 Å². The number of carbonyl (C=O) groups is 1. The summed E-state index contributed by atoms with van der Waals surface area (Å²) in [4.78, 5) is 21.2. The molecule has 6 nitrogen and oxygen atoms in total. The highest BCUT2D eigenvalue weighted by molar-refractivity contribution is 5.92. The van der Waals surface area contributed by atoms with E-state index in [1.165, 1.54) is 0 Å². The zero-order chi connectivity index (χ0) is 18.0. The second-order valence-electron chi connectivity index (χ2n) is 6.49. The Morgan fingerprint density at radius 1 is 1.27 bits per heavy atom. The van der Waals surface area contributed by atoms with Crippen LogP contribution in [0.2, 0.25) is 0 Å². The van der Waals surface area contributed by atoms with Crippen molar-refractivity contribution >= 4 is 22.6 Å². The number of hydrogen-bond donors (Lipinski definition) is 1. The van der Waals surface area contributed by atoms with Gasteiger partial charge in [-0.1, -0.05) is 12.1 Å². The van der Waals surface area contributed by atoms with Crippen LogP contribution in [0.25, 0.3) is 10.9 Å². The topological polar surface area (TPSA) is 73.3 Å². The standard InChI is InChI=1S/C20H19N3O3/c1-25-16-4-2-3-15(9-16)20(12-26-13-20)10-19(24)23-18-6-5-14-11-21-8-7-17(14)22-18/h2-9,11H,10,12-13H2,1H3,(H,22,23,24). The van der Waals surface area contributed by atoms with Crippen LogP contribution >= 0.6 is 0 Å². The van der Waals surface area contributed by atoms with E-state index in [1.807, 2.05) is 36.4 Å². The number of nitrogens with one attached hydrogen (secondary N) is 1. The van der Waals surface area contributed by atoms with E-state index in [2.05, 4.69) is 15.3 Å². The molecule has 0 atom stereocenters. The van der Waals surface area contributed by atoms with Crippen LogP contribution < -0.4 is 10.1 Å². The van der Waals surface area contributed by atoms with Crippen molar-refractivity contribution in [3.8, 4) is 5.75 Å². The van der Waals surface area contributed by atoms with Gasteiger partial charge < -0.3 is 14.8 Å². The molecule has 1 aliphatic heterocycles. The van der Waals surface area contributed by atoms with Crippen molar-refractivity contribution in [2.75, 3.05) is 25.6 Å². The highest BCUT2D eigenvalue weighted by atomic mass is 16.5. The summed E-state index contributed by atoms with van der Waals surface area (Å²) in [6.07, 6.45) is 3.76. The summed E-state index contributed by atoms with van der Waals surface area (Å²) < 4.78 is 10.7. The number of aromatic nitrogens is 2. The normalized spacial score (nSPS) is 15.3. The van der Waals surface area contributed by atoms with Crippen LogP contribution in [0.4, 0.5) is 5.82 Å². The van der Waals surface area contributed by atoms with Crippen LogP contribution in [0.3, 0.4) is 0 Å². The van der Waals surface area contributed by atoms with Gasteiger partial charge in [0.1, 0.15) is 11.6 Å². The minimum Gasteiger partial charge on any atom is -0.497 e. The number of nitrogens with zero attached hydrogens (tertiary/aromatic N) is 2. The van der Waals surface area contributed by atoms with Crippen molar-refractivity contribution in [3.63, 3.8) is 0 Å². The first-order valence-electron chi connectivity index (χ1n) is 8.41. The second kappa shape index (κ2) is 6.72. The molecule has 0 aliphatic carbocycles. The Hall–Kier alpha value is -2.99. The van der Waals surface area contributed by atoms with Gasteiger partial charge >= 0.3 is 0 Å². The molecule has 1 N–H and O–H groups in total. The van der Waals surface area contributed by atoms with Gasteiger partial charge in [-0.2, -0.15) is 0 Å². The third-order valence-corrected chi connectivity index (χ3v) is 4.69. The molecule has 4 rings (SSSR count). The lowest BCUT2D eigenvalue weighted by molar-refractivity contribution is -0.124. The zero-order valence-electron chi connectivity index (χ0n) is 14.4. The zero-order valence-corrected chi connectivity index (χ0v) is 14.4. The molecular formula is C20H19N3O3. The van der Waals surface area contributed by atoms with Crippen LogP contribution in [0.1, 0.15) is 12.0 Å². The number of fused-ring (bicyclic) bond motifs is 1. The maximum absolute atomic E-state index is 12.6. The summed E-state index contributed by atoms with van der Waals surface area (Å²) in [6, 6.07) is 13.3. The van der Waals surface area contributed by atoms with Crippen LogP contribution in [0.15, 0.2) is 54.9 Å². The summed E-state index contributed by atoms with van der Waals surface area (Å²) in [5, 5.41) is 3.83. The van der Waals surface area contributed by atoms with E-state index in [0.717, 1.165) is 22.2 Å². The molecule has 26 heavy (non-hydrogen) atoms. The van der Waals surface area contributed by atoms with E-state index in [-0.39, 0.29) is 11.3 Å². The first-order chi connectivity index (χ1) is 12.7. The molecule has 1 aliphatic rings. The highest BCUT2D eigenvalue weighted by Crippen LogP contribution is 2.37. The summed E-state index contributed by atoms with van der Waals surface area (Å²) in [7, 11) is 1.64. The summed E-state index contributed by atoms with van der Waals surface area (Å²) in [6.45, 7) is 1.04. The fraction of sp³-hybridized carbons (Fsp3) is 0.250. The molecule has 1 fully saturated rings. The molecule has 1 aromatic carbocycles. The van der Waals surface area contributed by atoms with Crippen molar-refractivity contribution in [3.05, 3.63) is 60.4 Å². The maximum Gasteiger partial charge on any atom is 0.226 e. The maximum atomic E-state index is 12.6. The molecule has 3 aromatic rings. The molecule has 0 unspecified atom stereocenters. The van der Waals surface area contributed by atoms with Crippen molar-refractivity contribution < 1.29 is 14.3 Å². The Morgan fingerprint density at radius 2 is 2.15 bits per heavy atom. The van der Waals surface area contributed by atoms with Crippen LogP contribution in [-0.4, -0.2) is 36.2 Å². The first-order valence-corrected chi connectivity index (χ1v) is 8.41. The van der Waals surface area contributed by atoms with E-state index >= 15 is 0 Å². The number of anilines is 1. The van der Waals surface area contributed by atoms with Crippen molar-refractivity contribution in [2.45, 2.75) is 11.8 Å². The number of pyridine rings is 2.